The zero-order chi connectivity index (χ0) is 37.8. The monoisotopic (exact) mass is 732 g/mol. The van der Waals surface area contributed by atoms with Crippen LogP contribution in [0.5, 0.6) is 0 Å². The number of benzene rings is 3. The molecule has 2 aromatic heterocycles. The third-order valence-electron chi connectivity index (χ3n) is 10.4. The van der Waals surface area contributed by atoms with Crippen LogP contribution in [0.2, 0.25) is 0 Å². The second-order valence-electron chi connectivity index (χ2n) is 13.8. The van der Waals surface area contributed by atoms with Crippen molar-refractivity contribution in [3.63, 3.8) is 0 Å². The first-order chi connectivity index (χ1) is 26.2. The van der Waals surface area contributed by atoms with Gasteiger partial charge in [-0.3, -0.25) is 9.59 Å². The lowest BCUT2D eigenvalue weighted by atomic mass is 9.97. The number of aromatic nitrogens is 4. The molecule has 2 bridgehead atoms. The molecule has 280 valence electrons. The van der Waals surface area contributed by atoms with Crippen molar-refractivity contribution in [3.8, 4) is 33.6 Å². The largest absolute Gasteiger partial charge is 0.453 e. The lowest BCUT2D eigenvalue weighted by Crippen LogP contribution is -2.45. The molecule has 3 heterocycles. The van der Waals surface area contributed by atoms with Gasteiger partial charge in [-0.25, -0.2) is 19.6 Å². The minimum Gasteiger partial charge on any atom is -0.453 e. The Labute approximate surface area is 312 Å². The molecule has 4 amide bonds. The van der Waals surface area contributed by atoms with Crippen LogP contribution >= 0.6 is 0 Å². The van der Waals surface area contributed by atoms with E-state index in [-0.39, 0.29) is 37.0 Å². The van der Waals surface area contributed by atoms with E-state index >= 15 is 0 Å². The number of nitrogens with zero attached hydrogens (tertiary/aromatic N) is 4. The summed E-state index contributed by atoms with van der Waals surface area (Å²) < 4.78 is 9.20. The van der Waals surface area contributed by atoms with Gasteiger partial charge in [0, 0.05) is 18.2 Å². The van der Waals surface area contributed by atoms with Crippen molar-refractivity contribution in [2.45, 2.75) is 51.2 Å². The maximum atomic E-state index is 13.1. The summed E-state index contributed by atoms with van der Waals surface area (Å²) in [5, 5.41) is 7.15. The Morgan fingerprint density at radius 3 is 2.15 bits per heavy atom. The van der Waals surface area contributed by atoms with Crippen LogP contribution in [0.25, 0.3) is 44.4 Å². The number of hydrogen-bond donors (Lipinski definition) is 4. The number of amides is 4. The van der Waals surface area contributed by atoms with Crippen LogP contribution in [0, 0.1) is 5.92 Å². The number of alkyl carbamates (subject to hydrolysis) is 2. The van der Waals surface area contributed by atoms with Crippen LogP contribution < -0.4 is 10.6 Å². The quantitative estimate of drug-likeness (QED) is 0.125. The molecule has 7 rings (SSSR count). The first kappa shape index (κ1) is 36.2. The van der Waals surface area contributed by atoms with Crippen molar-refractivity contribution in [2.75, 3.05) is 33.9 Å². The van der Waals surface area contributed by atoms with Crippen LogP contribution in [0.3, 0.4) is 0 Å². The molecule has 54 heavy (non-hydrogen) atoms. The molecule has 0 spiro atoms. The average molecular weight is 733 g/mol. The number of H-pyrrole nitrogens is 2. The molecular formula is C40H44N8O6. The molecular weight excluding hydrogens is 688 g/mol. The van der Waals surface area contributed by atoms with Crippen LogP contribution in [-0.2, 0) is 25.6 Å². The number of rotatable bonds is 12. The molecule has 2 aliphatic rings. The van der Waals surface area contributed by atoms with Gasteiger partial charge in [-0.15, -0.1) is 0 Å². The predicted octanol–water partition coefficient (Wildman–Crippen LogP) is 5.79. The van der Waals surface area contributed by atoms with E-state index in [0.29, 0.717) is 24.8 Å². The van der Waals surface area contributed by atoms with Gasteiger partial charge in [0.2, 0.25) is 11.8 Å². The predicted molar refractivity (Wildman–Crippen MR) is 202 cm³/mol. The molecule has 5 aromatic rings. The van der Waals surface area contributed by atoms with Gasteiger partial charge >= 0.3 is 12.2 Å². The molecule has 1 aliphatic heterocycles. The van der Waals surface area contributed by atoms with Gasteiger partial charge in [0.15, 0.2) is 0 Å². The standard InChI is InChI=1S/C40H44N8O6/c1-4-15-47(35(49)21-43-39(51)53-2)23-34-41-19-33(45-34)29-12-11-27-16-26(9-10-28(27)17-29)24-5-7-25(8-6-24)32-20-42-38(46-32)37-30-13-14-31(18-30)48(37)36(50)22-44-40(52)54-3/h5-12,16-17,19-20,30-31,37H,4,13-15,18,21-23H2,1-3H3,(H,41,45)(H,42,46)(H,43,51)(H,44,52)/t30-,31?,37-/m0/s1. The fourth-order valence-electron chi connectivity index (χ4n) is 7.74. The molecule has 4 N–H and O–H groups in total. The lowest BCUT2D eigenvalue weighted by molar-refractivity contribution is -0.135. The molecule has 1 saturated heterocycles. The minimum absolute atomic E-state index is 0.105. The Morgan fingerprint density at radius 1 is 0.796 bits per heavy atom. The fourth-order valence-corrected chi connectivity index (χ4v) is 7.74. The van der Waals surface area contributed by atoms with Crippen LogP contribution in [-0.4, -0.2) is 93.6 Å². The normalized spacial score (nSPS) is 17.4. The fraction of sp³-hybridized carbons (Fsp3) is 0.350. The number of nitrogens with one attached hydrogen (secondary N) is 4. The van der Waals surface area contributed by atoms with Crippen molar-refractivity contribution in [2.24, 2.45) is 5.92 Å². The van der Waals surface area contributed by atoms with Crippen LogP contribution in [0.15, 0.2) is 73.1 Å². The summed E-state index contributed by atoms with van der Waals surface area (Å²) >= 11 is 0. The summed E-state index contributed by atoms with van der Waals surface area (Å²) in [7, 11) is 2.54. The highest BCUT2D eigenvalue weighted by Crippen LogP contribution is 2.49. The van der Waals surface area contributed by atoms with Crippen molar-refractivity contribution in [1.82, 2.24) is 40.4 Å². The highest BCUT2D eigenvalue weighted by Gasteiger charge is 2.49. The zero-order valence-electron chi connectivity index (χ0n) is 30.6. The van der Waals surface area contributed by atoms with Crippen molar-refractivity contribution in [1.29, 1.82) is 0 Å². The molecule has 0 radical (unpaired) electrons. The topological polar surface area (TPSA) is 175 Å². The van der Waals surface area contributed by atoms with Gasteiger partial charge in [-0.05, 0) is 71.2 Å². The Kier molecular flexibility index (Phi) is 10.6. The second-order valence-corrected chi connectivity index (χ2v) is 13.8. The highest BCUT2D eigenvalue weighted by molar-refractivity contribution is 5.91. The number of carbonyl (C=O) groups is 4. The van der Waals surface area contributed by atoms with Gasteiger partial charge in [0.05, 0.1) is 50.6 Å². The van der Waals surface area contributed by atoms with E-state index in [1.54, 1.807) is 11.1 Å². The third-order valence-corrected chi connectivity index (χ3v) is 10.4. The number of hydrogen-bond acceptors (Lipinski definition) is 8. The number of piperidine rings is 1. The zero-order valence-corrected chi connectivity index (χ0v) is 30.6. The van der Waals surface area contributed by atoms with Gasteiger partial charge in [0.25, 0.3) is 0 Å². The lowest BCUT2D eigenvalue weighted by Gasteiger charge is -2.34. The number of imidazole rings is 2. The number of carbonyl (C=O) groups excluding carboxylic acids is 4. The summed E-state index contributed by atoms with van der Waals surface area (Å²) in [5.74, 6) is 1.42. The van der Waals surface area contributed by atoms with Gasteiger partial charge < -0.3 is 39.9 Å². The van der Waals surface area contributed by atoms with E-state index in [2.05, 4.69) is 95.7 Å². The summed E-state index contributed by atoms with van der Waals surface area (Å²) in [4.78, 5) is 68.5. The van der Waals surface area contributed by atoms with Crippen LogP contribution in [0.1, 0.15) is 50.3 Å². The van der Waals surface area contributed by atoms with Crippen LogP contribution in [0.4, 0.5) is 9.59 Å². The SMILES string of the molecule is CCCN(Cc1ncc(-c2ccc3cc(-c4ccc(-c5cnc([C@@H]6[C@H]7CCC(C7)N6C(=O)CNC(=O)OC)[nH]5)cc4)ccc3c2)[nH]1)C(=O)CNC(=O)OC. The number of aromatic amines is 2. The van der Waals surface area contributed by atoms with E-state index < -0.39 is 12.2 Å². The Balaban J connectivity index is 1.01. The van der Waals surface area contributed by atoms with Gasteiger partial charge in [-0.2, -0.15) is 0 Å². The van der Waals surface area contributed by atoms with E-state index in [1.807, 2.05) is 18.0 Å². The minimum atomic E-state index is -0.648. The Bertz CT molecular complexity index is 2160. The molecule has 1 aliphatic carbocycles. The summed E-state index contributed by atoms with van der Waals surface area (Å²) in [6.07, 6.45) is 6.05. The number of ether oxygens (including phenoxy) is 2. The van der Waals surface area contributed by atoms with E-state index in [0.717, 1.165) is 75.9 Å². The highest BCUT2D eigenvalue weighted by atomic mass is 16.5. The molecule has 14 heteroatoms. The molecule has 14 nitrogen and oxygen atoms in total. The van der Waals surface area contributed by atoms with Gasteiger partial charge in [0.1, 0.15) is 24.7 Å². The maximum absolute atomic E-state index is 13.1. The summed E-state index contributed by atoms with van der Waals surface area (Å²) in [6, 6.07) is 21.0. The molecule has 3 aromatic carbocycles. The second kappa shape index (κ2) is 15.8. The summed E-state index contributed by atoms with van der Waals surface area (Å²) in [6.45, 7) is 2.57. The summed E-state index contributed by atoms with van der Waals surface area (Å²) in [5.41, 5.74) is 5.88. The number of fused-ring (bicyclic) bond motifs is 3. The first-order valence-electron chi connectivity index (χ1n) is 18.2. The molecule has 3 atom stereocenters. The first-order valence-corrected chi connectivity index (χ1v) is 18.2. The molecule has 2 fully saturated rings. The number of likely N-dealkylation sites (tertiary alicyclic amines) is 1. The Hall–Kier alpha value is -6.18. The smallest absolute Gasteiger partial charge is 0.407 e. The van der Waals surface area contributed by atoms with Crippen molar-refractivity contribution in [3.05, 3.63) is 84.7 Å². The Morgan fingerprint density at radius 2 is 1.43 bits per heavy atom. The van der Waals surface area contributed by atoms with E-state index in [4.69, 9.17) is 4.98 Å². The van der Waals surface area contributed by atoms with E-state index in [9.17, 15) is 19.2 Å². The third kappa shape index (κ3) is 7.63. The molecule has 1 saturated carbocycles. The van der Waals surface area contributed by atoms with Crippen molar-refractivity contribution < 1.29 is 28.7 Å². The van der Waals surface area contributed by atoms with Crippen molar-refractivity contribution >= 4 is 34.8 Å². The van der Waals surface area contributed by atoms with Gasteiger partial charge in [-0.1, -0.05) is 55.5 Å². The van der Waals surface area contributed by atoms with E-state index in [1.165, 1.54) is 14.2 Å². The maximum Gasteiger partial charge on any atom is 0.407 e. The average Bonchev–Trinajstić information content (AvgIpc) is 4.04. The molecule has 1 unspecified atom stereocenters. The number of methoxy groups -OCH3 is 2.